The van der Waals surface area contributed by atoms with Gasteiger partial charge in [0.1, 0.15) is 0 Å². The highest BCUT2D eigenvalue weighted by atomic mass is 16.3. The molecule has 2 atom stereocenters. The quantitative estimate of drug-likeness (QED) is 0.694. The predicted octanol–water partition coefficient (Wildman–Crippen LogP) is 2.05. The fraction of sp³-hybridized carbons (Fsp3) is 0.600. The van der Waals surface area contributed by atoms with Crippen LogP contribution in [0.5, 0.6) is 0 Å². The van der Waals surface area contributed by atoms with Crippen LogP contribution < -0.4 is 11.1 Å². The molecule has 1 aromatic carbocycles. The molecule has 0 radical (unpaired) electrons. The Morgan fingerprint density at radius 2 is 2.06 bits per heavy atom. The highest BCUT2D eigenvalue weighted by Gasteiger charge is 2.16. The number of aliphatic hydroxyl groups is 1. The minimum Gasteiger partial charge on any atom is -0.396 e. The standard InChI is InChI=1S/C15H26N2O/c1-4-13(7-8-18)17-15(10-16)14-9-11(2)5-6-12(14)3/h5-6,9,13,15,17-18H,4,7-8,10,16H2,1-3H3. The highest BCUT2D eigenvalue weighted by molar-refractivity contribution is 5.33. The van der Waals surface area contributed by atoms with Gasteiger partial charge in [0, 0.05) is 25.2 Å². The van der Waals surface area contributed by atoms with Crippen LogP contribution in [-0.2, 0) is 0 Å². The fourth-order valence-electron chi connectivity index (χ4n) is 2.27. The van der Waals surface area contributed by atoms with Crippen molar-refractivity contribution in [1.29, 1.82) is 0 Å². The van der Waals surface area contributed by atoms with Crippen LogP contribution in [0, 0.1) is 13.8 Å². The lowest BCUT2D eigenvalue weighted by Crippen LogP contribution is -2.37. The number of aryl methyl sites for hydroxylation is 2. The molecule has 3 heteroatoms. The molecule has 0 aromatic heterocycles. The first-order valence-corrected chi connectivity index (χ1v) is 6.76. The summed E-state index contributed by atoms with van der Waals surface area (Å²) < 4.78 is 0. The third-order valence-electron chi connectivity index (χ3n) is 3.45. The minimum atomic E-state index is 0.168. The van der Waals surface area contributed by atoms with Gasteiger partial charge >= 0.3 is 0 Å². The molecule has 1 rings (SSSR count). The molecule has 0 fully saturated rings. The number of rotatable bonds is 7. The molecule has 0 aliphatic rings. The molecular formula is C15H26N2O. The average Bonchev–Trinajstić information content (AvgIpc) is 2.37. The van der Waals surface area contributed by atoms with E-state index in [1.54, 1.807) is 0 Å². The summed E-state index contributed by atoms with van der Waals surface area (Å²) in [7, 11) is 0. The zero-order chi connectivity index (χ0) is 13.5. The lowest BCUT2D eigenvalue weighted by molar-refractivity contribution is 0.255. The fourth-order valence-corrected chi connectivity index (χ4v) is 2.27. The Balaban J connectivity index is 2.84. The van der Waals surface area contributed by atoms with Gasteiger partial charge in [-0.15, -0.1) is 0 Å². The number of benzene rings is 1. The maximum absolute atomic E-state index is 9.05. The van der Waals surface area contributed by atoms with Crippen molar-refractivity contribution < 1.29 is 5.11 Å². The molecule has 0 aliphatic carbocycles. The molecular weight excluding hydrogens is 224 g/mol. The number of hydrogen-bond donors (Lipinski definition) is 3. The molecule has 4 N–H and O–H groups in total. The van der Waals surface area contributed by atoms with Crippen molar-refractivity contribution in [2.75, 3.05) is 13.2 Å². The first kappa shape index (κ1) is 15.2. The van der Waals surface area contributed by atoms with Crippen LogP contribution in [0.3, 0.4) is 0 Å². The first-order valence-electron chi connectivity index (χ1n) is 6.76. The largest absolute Gasteiger partial charge is 0.396 e. The zero-order valence-electron chi connectivity index (χ0n) is 11.7. The third-order valence-corrected chi connectivity index (χ3v) is 3.45. The minimum absolute atomic E-state index is 0.168. The Hall–Kier alpha value is -0.900. The molecule has 0 amide bonds. The Kier molecular flexibility index (Phi) is 6.33. The summed E-state index contributed by atoms with van der Waals surface area (Å²) in [6.45, 7) is 7.14. The van der Waals surface area contributed by atoms with Crippen molar-refractivity contribution in [2.45, 2.75) is 45.7 Å². The second-order valence-corrected chi connectivity index (χ2v) is 4.93. The molecule has 0 aliphatic heterocycles. The first-order chi connectivity index (χ1) is 8.62. The molecule has 3 nitrogen and oxygen atoms in total. The van der Waals surface area contributed by atoms with Gasteiger partial charge in [0.15, 0.2) is 0 Å². The van der Waals surface area contributed by atoms with Crippen LogP contribution in [0.25, 0.3) is 0 Å². The van der Waals surface area contributed by atoms with Gasteiger partial charge in [0.2, 0.25) is 0 Å². The van der Waals surface area contributed by atoms with Crippen LogP contribution in [0.15, 0.2) is 18.2 Å². The molecule has 0 saturated carbocycles. The van der Waals surface area contributed by atoms with Gasteiger partial charge < -0.3 is 16.2 Å². The molecule has 18 heavy (non-hydrogen) atoms. The van der Waals surface area contributed by atoms with Crippen LogP contribution in [0.4, 0.5) is 0 Å². The van der Waals surface area contributed by atoms with E-state index >= 15 is 0 Å². The number of nitrogens with one attached hydrogen (secondary N) is 1. The van der Waals surface area contributed by atoms with E-state index in [1.165, 1.54) is 16.7 Å². The van der Waals surface area contributed by atoms with Crippen LogP contribution in [0.1, 0.15) is 42.5 Å². The lowest BCUT2D eigenvalue weighted by atomic mass is 9.97. The average molecular weight is 250 g/mol. The summed E-state index contributed by atoms with van der Waals surface area (Å²) in [5.74, 6) is 0. The normalized spacial score (nSPS) is 14.5. The van der Waals surface area contributed by atoms with Gasteiger partial charge in [-0.25, -0.2) is 0 Å². The predicted molar refractivity (Wildman–Crippen MR) is 76.6 cm³/mol. The van der Waals surface area contributed by atoms with Crippen LogP contribution in [-0.4, -0.2) is 24.3 Å². The summed E-state index contributed by atoms with van der Waals surface area (Å²) in [5.41, 5.74) is 9.69. The van der Waals surface area contributed by atoms with Gasteiger partial charge in [0.05, 0.1) is 0 Å². The summed E-state index contributed by atoms with van der Waals surface area (Å²) in [5, 5.41) is 12.6. The van der Waals surface area contributed by atoms with E-state index < -0.39 is 0 Å². The number of aliphatic hydroxyl groups excluding tert-OH is 1. The lowest BCUT2D eigenvalue weighted by Gasteiger charge is -2.25. The van der Waals surface area contributed by atoms with Crippen molar-refractivity contribution in [1.82, 2.24) is 5.32 Å². The maximum atomic E-state index is 9.05. The second kappa shape index (κ2) is 7.52. The Morgan fingerprint density at radius 3 is 2.61 bits per heavy atom. The zero-order valence-corrected chi connectivity index (χ0v) is 11.7. The smallest absolute Gasteiger partial charge is 0.0449 e. The molecule has 0 saturated heterocycles. The summed E-state index contributed by atoms with van der Waals surface area (Å²) in [6.07, 6.45) is 1.78. The van der Waals surface area contributed by atoms with E-state index in [0.717, 1.165) is 12.8 Å². The third kappa shape index (κ3) is 4.09. The molecule has 1 aromatic rings. The SMILES string of the molecule is CCC(CCO)NC(CN)c1cc(C)ccc1C. The van der Waals surface area contributed by atoms with Gasteiger partial charge in [-0.3, -0.25) is 0 Å². The van der Waals surface area contributed by atoms with Crippen molar-refractivity contribution in [3.8, 4) is 0 Å². The van der Waals surface area contributed by atoms with Crippen LogP contribution >= 0.6 is 0 Å². The molecule has 0 bridgehead atoms. The molecule has 102 valence electrons. The summed E-state index contributed by atoms with van der Waals surface area (Å²) >= 11 is 0. The van der Waals surface area contributed by atoms with Crippen molar-refractivity contribution in [3.63, 3.8) is 0 Å². The number of nitrogens with two attached hydrogens (primary N) is 1. The van der Waals surface area contributed by atoms with Gasteiger partial charge in [-0.1, -0.05) is 30.7 Å². The van der Waals surface area contributed by atoms with E-state index in [2.05, 4.69) is 44.3 Å². The van der Waals surface area contributed by atoms with E-state index in [0.29, 0.717) is 12.6 Å². The van der Waals surface area contributed by atoms with Gasteiger partial charge in [0.25, 0.3) is 0 Å². The summed E-state index contributed by atoms with van der Waals surface area (Å²) in [6, 6.07) is 6.95. The van der Waals surface area contributed by atoms with Crippen molar-refractivity contribution in [3.05, 3.63) is 34.9 Å². The molecule has 0 spiro atoms. The van der Waals surface area contributed by atoms with E-state index in [4.69, 9.17) is 10.8 Å². The Labute approximate surface area is 110 Å². The van der Waals surface area contributed by atoms with Gasteiger partial charge in [-0.05, 0) is 37.8 Å². The van der Waals surface area contributed by atoms with Crippen molar-refractivity contribution in [2.24, 2.45) is 5.73 Å². The Morgan fingerprint density at radius 1 is 1.33 bits per heavy atom. The van der Waals surface area contributed by atoms with E-state index in [9.17, 15) is 0 Å². The Bertz CT molecular complexity index is 366. The van der Waals surface area contributed by atoms with Gasteiger partial charge in [-0.2, -0.15) is 0 Å². The van der Waals surface area contributed by atoms with E-state index in [-0.39, 0.29) is 12.6 Å². The summed E-state index contributed by atoms with van der Waals surface area (Å²) in [4.78, 5) is 0. The maximum Gasteiger partial charge on any atom is 0.0449 e. The van der Waals surface area contributed by atoms with Crippen molar-refractivity contribution >= 4 is 0 Å². The molecule has 0 heterocycles. The second-order valence-electron chi connectivity index (χ2n) is 4.93. The van der Waals surface area contributed by atoms with E-state index in [1.807, 2.05) is 0 Å². The molecule has 2 unspecified atom stereocenters. The highest BCUT2D eigenvalue weighted by Crippen LogP contribution is 2.20. The topological polar surface area (TPSA) is 58.3 Å². The monoisotopic (exact) mass is 250 g/mol. The number of hydrogen-bond acceptors (Lipinski definition) is 3. The van der Waals surface area contributed by atoms with Crippen LogP contribution in [0.2, 0.25) is 0 Å².